The van der Waals surface area contributed by atoms with E-state index in [-0.39, 0.29) is 0 Å². The van der Waals surface area contributed by atoms with Gasteiger partial charge < -0.3 is 10.6 Å². The molecule has 3 rings (SSSR count). The van der Waals surface area contributed by atoms with Crippen molar-refractivity contribution in [1.29, 1.82) is 0 Å². The number of nitrogens with zero attached hydrogens (tertiary/aromatic N) is 3. The molecule has 1 saturated heterocycles. The Bertz CT molecular complexity index is 547. The first-order chi connectivity index (χ1) is 9.81. The Kier molecular flexibility index (Phi) is 3.83. The van der Waals surface area contributed by atoms with Crippen molar-refractivity contribution >= 4 is 11.4 Å². The van der Waals surface area contributed by atoms with E-state index in [0.29, 0.717) is 0 Å². The Hall–Kier alpha value is -2.07. The van der Waals surface area contributed by atoms with Crippen molar-refractivity contribution in [2.75, 3.05) is 36.8 Å². The predicted octanol–water partition coefficient (Wildman–Crippen LogP) is 1.99. The summed E-state index contributed by atoms with van der Waals surface area (Å²) in [5, 5.41) is 0. The van der Waals surface area contributed by atoms with E-state index < -0.39 is 0 Å². The number of aromatic nitrogens is 1. The van der Waals surface area contributed by atoms with Gasteiger partial charge in [0, 0.05) is 50.3 Å². The van der Waals surface area contributed by atoms with E-state index in [2.05, 4.69) is 45.1 Å². The predicted molar refractivity (Wildman–Crippen MR) is 82.6 cm³/mol. The summed E-state index contributed by atoms with van der Waals surface area (Å²) in [6.07, 6.45) is 1.78. The second-order valence-corrected chi connectivity index (χ2v) is 5.18. The number of para-hydroxylation sites is 1. The molecular weight excluding hydrogens is 248 g/mol. The number of benzene rings is 1. The fourth-order valence-corrected chi connectivity index (χ4v) is 2.62. The summed E-state index contributed by atoms with van der Waals surface area (Å²) < 4.78 is 0. The number of hydrogen-bond donors (Lipinski definition) is 1. The van der Waals surface area contributed by atoms with Gasteiger partial charge in [0.1, 0.15) is 0 Å². The van der Waals surface area contributed by atoms with Gasteiger partial charge in [0.05, 0.1) is 5.69 Å². The maximum atomic E-state index is 5.80. The molecule has 0 bridgehead atoms. The molecule has 2 heterocycles. The Morgan fingerprint density at radius 1 is 1.00 bits per heavy atom. The third kappa shape index (κ3) is 3.08. The highest BCUT2D eigenvalue weighted by atomic mass is 15.3. The van der Waals surface area contributed by atoms with Gasteiger partial charge >= 0.3 is 0 Å². The van der Waals surface area contributed by atoms with Crippen LogP contribution in [0.4, 0.5) is 11.4 Å². The summed E-state index contributed by atoms with van der Waals surface area (Å²) in [6.45, 7) is 5.13. The molecule has 20 heavy (non-hydrogen) atoms. The molecule has 1 aliphatic rings. The summed E-state index contributed by atoms with van der Waals surface area (Å²) in [6, 6.07) is 14.4. The maximum absolute atomic E-state index is 5.80. The molecule has 0 radical (unpaired) electrons. The summed E-state index contributed by atoms with van der Waals surface area (Å²) >= 11 is 0. The van der Waals surface area contributed by atoms with Crippen LogP contribution in [0.5, 0.6) is 0 Å². The zero-order valence-electron chi connectivity index (χ0n) is 11.6. The summed E-state index contributed by atoms with van der Waals surface area (Å²) in [5.74, 6) is 0. The lowest BCUT2D eigenvalue weighted by molar-refractivity contribution is 0.247. The second-order valence-electron chi connectivity index (χ2n) is 5.18. The Balaban J connectivity index is 1.56. The smallest absolute Gasteiger partial charge is 0.0564 e. The Morgan fingerprint density at radius 3 is 2.45 bits per heavy atom. The molecule has 0 spiro atoms. The topological polar surface area (TPSA) is 45.4 Å². The van der Waals surface area contributed by atoms with Gasteiger partial charge in [0.15, 0.2) is 0 Å². The number of nitrogen functional groups attached to an aromatic ring is 1. The van der Waals surface area contributed by atoms with E-state index >= 15 is 0 Å². The van der Waals surface area contributed by atoms with Gasteiger partial charge in [-0.3, -0.25) is 9.88 Å². The van der Waals surface area contributed by atoms with Gasteiger partial charge in [0.25, 0.3) is 0 Å². The van der Waals surface area contributed by atoms with E-state index in [9.17, 15) is 0 Å². The molecule has 0 atom stereocenters. The van der Waals surface area contributed by atoms with Crippen LogP contribution in [0.2, 0.25) is 0 Å². The number of piperazine rings is 1. The molecule has 1 aliphatic heterocycles. The van der Waals surface area contributed by atoms with Crippen LogP contribution in [0.3, 0.4) is 0 Å². The van der Waals surface area contributed by atoms with E-state index in [4.69, 9.17) is 5.73 Å². The molecule has 4 heteroatoms. The molecule has 2 aromatic rings. The normalized spacial score (nSPS) is 16.3. The van der Waals surface area contributed by atoms with Crippen molar-refractivity contribution in [3.63, 3.8) is 0 Å². The van der Waals surface area contributed by atoms with Gasteiger partial charge in [-0.1, -0.05) is 18.2 Å². The highest BCUT2D eigenvalue weighted by molar-refractivity contribution is 5.46. The van der Waals surface area contributed by atoms with Crippen LogP contribution in [0, 0.1) is 0 Å². The van der Waals surface area contributed by atoms with Crippen LogP contribution < -0.4 is 10.6 Å². The third-order valence-corrected chi connectivity index (χ3v) is 3.72. The van der Waals surface area contributed by atoms with Crippen LogP contribution in [-0.4, -0.2) is 36.1 Å². The van der Waals surface area contributed by atoms with Crippen molar-refractivity contribution in [3.8, 4) is 0 Å². The van der Waals surface area contributed by atoms with E-state index in [1.165, 1.54) is 5.69 Å². The summed E-state index contributed by atoms with van der Waals surface area (Å²) in [4.78, 5) is 9.24. The average molecular weight is 268 g/mol. The van der Waals surface area contributed by atoms with Crippen molar-refractivity contribution in [1.82, 2.24) is 9.88 Å². The molecule has 1 fully saturated rings. The second kappa shape index (κ2) is 5.92. The van der Waals surface area contributed by atoms with Crippen molar-refractivity contribution in [2.24, 2.45) is 0 Å². The first-order valence-corrected chi connectivity index (χ1v) is 7.04. The van der Waals surface area contributed by atoms with Gasteiger partial charge in [-0.15, -0.1) is 0 Å². The Labute approximate surface area is 119 Å². The lowest BCUT2D eigenvalue weighted by Gasteiger charge is -2.35. The molecular formula is C16H20N4. The minimum atomic E-state index is 0.790. The van der Waals surface area contributed by atoms with Crippen LogP contribution in [0.15, 0.2) is 48.7 Å². The van der Waals surface area contributed by atoms with Crippen molar-refractivity contribution < 1.29 is 0 Å². The summed E-state index contributed by atoms with van der Waals surface area (Å²) in [7, 11) is 0. The standard InChI is InChI=1S/C16H20N4/c17-14-6-7-18-15(12-14)13-19-8-10-20(11-9-19)16-4-2-1-3-5-16/h1-7,12H,8-11,13H2,(H2,17,18). The monoisotopic (exact) mass is 268 g/mol. The zero-order chi connectivity index (χ0) is 13.8. The first-order valence-electron chi connectivity index (χ1n) is 7.04. The molecule has 1 aromatic heterocycles. The number of nitrogens with two attached hydrogens (primary N) is 1. The number of anilines is 2. The van der Waals surface area contributed by atoms with Crippen LogP contribution in [0.25, 0.3) is 0 Å². The quantitative estimate of drug-likeness (QED) is 0.924. The van der Waals surface area contributed by atoms with Gasteiger partial charge in [0.2, 0.25) is 0 Å². The van der Waals surface area contributed by atoms with Crippen molar-refractivity contribution in [2.45, 2.75) is 6.54 Å². The maximum Gasteiger partial charge on any atom is 0.0564 e. The molecule has 4 nitrogen and oxygen atoms in total. The average Bonchev–Trinajstić information content (AvgIpc) is 2.49. The van der Waals surface area contributed by atoms with Gasteiger partial charge in [-0.25, -0.2) is 0 Å². The minimum Gasteiger partial charge on any atom is -0.399 e. The van der Waals surface area contributed by atoms with Gasteiger partial charge in [-0.2, -0.15) is 0 Å². The minimum absolute atomic E-state index is 0.790. The fraction of sp³-hybridized carbons (Fsp3) is 0.312. The molecule has 2 N–H and O–H groups in total. The van der Waals surface area contributed by atoms with Crippen molar-refractivity contribution in [3.05, 3.63) is 54.4 Å². The lowest BCUT2D eigenvalue weighted by Crippen LogP contribution is -2.46. The largest absolute Gasteiger partial charge is 0.399 e. The molecule has 1 aromatic carbocycles. The van der Waals surface area contributed by atoms with E-state index in [1.54, 1.807) is 6.20 Å². The Morgan fingerprint density at radius 2 is 1.75 bits per heavy atom. The third-order valence-electron chi connectivity index (χ3n) is 3.72. The number of pyridine rings is 1. The highest BCUT2D eigenvalue weighted by Gasteiger charge is 2.17. The summed E-state index contributed by atoms with van der Waals surface area (Å²) in [5.41, 5.74) is 8.95. The number of rotatable bonds is 3. The van der Waals surface area contributed by atoms with Crippen LogP contribution >= 0.6 is 0 Å². The van der Waals surface area contributed by atoms with Gasteiger partial charge in [-0.05, 0) is 24.3 Å². The number of hydrogen-bond acceptors (Lipinski definition) is 4. The van der Waals surface area contributed by atoms with Crippen LogP contribution in [-0.2, 0) is 6.54 Å². The zero-order valence-corrected chi connectivity index (χ0v) is 11.6. The molecule has 0 unspecified atom stereocenters. The molecule has 0 saturated carbocycles. The molecule has 0 aliphatic carbocycles. The first kappa shape index (κ1) is 12.9. The molecule has 104 valence electrons. The molecule has 0 amide bonds. The van der Waals surface area contributed by atoms with E-state index in [0.717, 1.165) is 44.1 Å². The lowest BCUT2D eigenvalue weighted by atomic mass is 10.2. The highest BCUT2D eigenvalue weighted by Crippen LogP contribution is 2.16. The van der Waals surface area contributed by atoms with E-state index in [1.807, 2.05) is 12.1 Å². The fourth-order valence-electron chi connectivity index (χ4n) is 2.62. The van der Waals surface area contributed by atoms with Crippen LogP contribution in [0.1, 0.15) is 5.69 Å². The SMILES string of the molecule is Nc1ccnc(CN2CCN(c3ccccc3)CC2)c1.